The van der Waals surface area contributed by atoms with E-state index in [9.17, 15) is 9.59 Å². The molecule has 1 amide bonds. The van der Waals surface area contributed by atoms with E-state index in [2.05, 4.69) is 10.3 Å². The standard InChI is InChI=1S/C24H21N3O4/c1-30-18-10-11-21(31-2)20(14-18)26-23(28)19-13-17-9-6-12-25-22(17)27(24(19)29)15-16-7-4-3-5-8-16/h3-14H,15H2,1-2H3,(H,26,28). The molecule has 0 aliphatic heterocycles. The molecular formula is C24H21N3O4. The minimum Gasteiger partial charge on any atom is -0.497 e. The van der Waals surface area contributed by atoms with E-state index < -0.39 is 11.5 Å². The van der Waals surface area contributed by atoms with Gasteiger partial charge in [0.15, 0.2) is 0 Å². The zero-order valence-corrected chi connectivity index (χ0v) is 17.2. The first-order chi connectivity index (χ1) is 15.1. The van der Waals surface area contributed by atoms with Gasteiger partial charge in [0.05, 0.1) is 26.5 Å². The quantitative estimate of drug-likeness (QED) is 0.519. The summed E-state index contributed by atoms with van der Waals surface area (Å²) in [5.74, 6) is 0.477. The summed E-state index contributed by atoms with van der Waals surface area (Å²) in [6, 6.07) is 19.8. The Hall–Kier alpha value is -4.13. The lowest BCUT2D eigenvalue weighted by Crippen LogP contribution is -2.30. The molecule has 4 aromatic rings. The second-order valence-electron chi connectivity index (χ2n) is 6.87. The van der Waals surface area contributed by atoms with E-state index in [1.54, 1.807) is 36.5 Å². The van der Waals surface area contributed by atoms with E-state index in [0.717, 1.165) is 5.56 Å². The number of ether oxygens (including phenoxy) is 2. The minimum atomic E-state index is -0.538. The molecule has 0 saturated heterocycles. The molecule has 2 aromatic heterocycles. The minimum absolute atomic E-state index is 0.0151. The van der Waals surface area contributed by atoms with Gasteiger partial charge in [-0.3, -0.25) is 14.2 Å². The van der Waals surface area contributed by atoms with Gasteiger partial charge in [-0.25, -0.2) is 4.98 Å². The number of hydrogen-bond donors (Lipinski definition) is 1. The number of fused-ring (bicyclic) bond motifs is 1. The topological polar surface area (TPSA) is 82.4 Å². The molecule has 31 heavy (non-hydrogen) atoms. The Morgan fingerprint density at radius 3 is 2.55 bits per heavy atom. The van der Waals surface area contributed by atoms with E-state index in [0.29, 0.717) is 34.8 Å². The van der Waals surface area contributed by atoms with Gasteiger partial charge in [-0.2, -0.15) is 0 Å². The highest BCUT2D eigenvalue weighted by Gasteiger charge is 2.18. The van der Waals surface area contributed by atoms with E-state index in [1.165, 1.54) is 18.8 Å². The fourth-order valence-corrected chi connectivity index (χ4v) is 3.38. The third kappa shape index (κ3) is 4.11. The maximum atomic E-state index is 13.3. The number of methoxy groups -OCH3 is 2. The number of nitrogens with one attached hydrogen (secondary N) is 1. The predicted octanol–water partition coefficient (Wildman–Crippen LogP) is 3.71. The van der Waals surface area contributed by atoms with Gasteiger partial charge in [0, 0.05) is 17.6 Å². The number of pyridine rings is 2. The van der Waals surface area contributed by atoms with Crippen molar-refractivity contribution < 1.29 is 14.3 Å². The molecule has 0 bridgehead atoms. The molecule has 4 rings (SSSR count). The Kier molecular flexibility index (Phi) is 5.66. The summed E-state index contributed by atoms with van der Waals surface area (Å²) >= 11 is 0. The van der Waals surface area contributed by atoms with E-state index in [-0.39, 0.29) is 5.56 Å². The van der Waals surface area contributed by atoms with Crippen LogP contribution in [0, 0.1) is 0 Å². The van der Waals surface area contributed by atoms with Gasteiger partial charge in [0.1, 0.15) is 22.7 Å². The van der Waals surface area contributed by atoms with E-state index >= 15 is 0 Å². The van der Waals surface area contributed by atoms with Gasteiger partial charge >= 0.3 is 0 Å². The molecule has 2 aromatic carbocycles. The fraction of sp³-hybridized carbons (Fsp3) is 0.125. The molecule has 2 heterocycles. The van der Waals surface area contributed by atoms with Crippen LogP contribution in [-0.4, -0.2) is 29.7 Å². The first-order valence-electron chi connectivity index (χ1n) is 9.66. The molecule has 0 aliphatic rings. The number of nitrogens with zero attached hydrogens (tertiary/aromatic N) is 2. The Bertz CT molecular complexity index is 1300. The number of aromatic nitrogens is 2. The summed E-state index contributed by atoms with van der Waals surface area (Å²) in [5.41, 5.74) is 1.46. The van der Waals surface area contributed by atoms with E-state index in [4.69, 9.17) is 9.47 Å². The molecule has 0 atom stereocenters. The molecule has 7 heteroatoms. The molecular weight excluding hydrogens is 394 g/mol. The van der Waals surface area contributed by atoms with Crippen molar-refractivity contribution in [1.29, 1.82) is 0 Å². The average Bonchev–Trinajstić information content (AvgIpc) is 2.81. The number of hydrogen-bond acceptors (Lipinski definition) is 5. The highest BCUT2D eigenvalue weighted by molar-refractivity contribution is 6.06. The van der Waals surface area contributed by atoms with Gasteiger partial charge in [-0.05, 0) is 35.9 Å². The number of rotatable bonds is 6. The highest BCUT2D eigenvalue weighted by atomic mass is 16.5. The van der Waals surface area contributed by atoms with Crippen LogP contribution < -0.4 is 20.3 Å². The molecule has 0 aliphatic carbocycles. The van der Waals surface area contributed by atoms with Crippen LogP contribution >= 0.6 is 0 Å². The summed E-state index contributed by atoms with van der Waals surface area (Å²) in [6.07, 6.45) is 1.63. The van der Waals surface area contributed by atoms with Crippen molar-refractivity contribution in [1.82, 2.24) is 9.55 Å². The Labute approximate surface area is 178 Å². The molecule has 0 radical (unpaired) electrons. The van der Waals surface area contributed by atoms with Crippen molar-refractivity contribution in [3.05, 3.63) is 94.4 Å². The molecule has 0 unspecified atom stereocenters. The number of anilines is 1. The summed E-state index contributed by atoms with van der Waals surface area (Å²) in [5, 5.41) is 3.47. The van der Waals surface area contributed by atoms with Crippen molar-refractivity contribution >= 4 is 22.6 Å². The summed E-state index contributed by atoms with van der Waals surface area (Å²) in [4.78, 5) is 30.8. The van der Waals surface area contributed by atoms with Crippen molar-refractivity contribution in [2.75, 3.05) is 19.5 Å². The largest absolute Gasteiger partial charge is 0.497 e. The van der Waals surface area contributed by atoms with Crippen LogP contribution in [0.1, 0.15) is 15.9 Å². The molecule has 0 spiro atoms. The van der Waals surface area contributed by atoms with Crippen LogP contribution in [-0.2, 0) is 6.54 Å². The van der Waals surface area contributed by atoms with Crippen molar-refractivity contribution in [2.24, 2.45) is 0 Å². The van der Waals surface area contributed by atoms with Crippen molar-refractivity contribution in [3.63, 3.8) is 0 Å². The maximum Gasteiger partial charge on any atom is 0.265 e. The lowest BCUT2D eigenvalue weighted by molar-refractivity contribution is 0.102. The van der Waals surface area contributed by atoms with Gasteiger partial charge < -0.3 is 14.8 Å². The molecule has 0 fully saturated rings. The Morgan fingerprint density at radius 1 is 1.00 bits per heavy atom. The number of amides is 1. The van der Waals surface area contributed by atoms with Gasteiger partial charge in [0.25, 0.3) is 11.5 Å². The first-order valence-corrected chi connectivity index (χ1v) is 9.66. The Morgan fingerprint density at radius 2 is 1.81 bits per heavy atom. The number of carbonyl (C=O) groups is 1. The normalized spacial score (nSPS) is 10.6. The first kappa shape index (κ1) is 20.2. The van der Waals surface area contributed by atoms with Crippen LogP contribution in [0.2, 0.25) is 0 Å². The van der Waals surface area contributed by atoms with Gasteiger partial charge in [-0.15, -0.1) is 0 Å². The molecule has 156 valence electrons. The second kappa shape index (κ2) is 8.71. The summed E-state index contributed by atoms with van der Waals surface area (Å²) < 4.78 is 12.1. The molecule has 1 N–H and O–H groups in total. The van der Waals surface area contributed by atoms with Crippen LogP contribution in [0.25, 0.3) is 11.0 Å². The smallest absolute Gasteiger partial charge is 0.265 e. The van der Waals surface area contributed by atoms with Crippen LogP contribution in [0.4, 0.5) is 5.69 Å². The van der Waals surface area contributed by atoms with Gasteiger partial charge in [-0.1, -0.05) is 30.3 Å². The summed E-state index contributed by atoms with van der Waals surface area (Å²) in [7, 11) is 3.04. The van der Waals surface area contributed by atoms with Crippen molar-refractivity contribution in [2.45, 2.75) is 6.54 Å². The van der Waals surface area contributed by atoms with Crippen LogP contribution in [0.3, 0.4) is 0 Å². The Balaban J connectivity index is 1.78. The SMILES string of the molecule is COc1ccc(OC)c(NC(=O)c2cc3cccnc3n(Cc3ccccc3)c2=O)c1. The lowest BCUT2D eigenvalue weighted by atomic mass is 10.1. The predicted molar refractivity (Wildman–Crippen MR) is 119 cm³/mol. The molecule has 7 nitrogen and oxygen atoms in total. The fourth-order valence-electron chi connectivity index (χ4n) is 3.38. The van der Waals surface area contributed by atoms with Gasteiger partial charge in [0.2, 0.25) is 0 Å². The molecule has 0 saturated carbocycles. The number of benzene rings is 2. The van der Waals surface area contributed by atoms with Crippen LogP contribution in [0.15, 0.2) is 77.7 Å². The third-order valence-corrected chi connectivity index (χ3v) is 4.93. The van der Waals surface area contributed by atoms with Crippen LogP contribution in [0.5, 0.6) is 11.5 Å². The lowest BCUT2D eigenvalue weighted by Gasteiger charge is -2.14. The second-order valence-corrected chi connectivity index (χ2v) is 6.87. The summed E-state index contributed by atoms with van der Waals surface area (Å²) in [6.45, 7) is 0.302. The zero-order valence-electron chi connectivity index (χ0n) is 17.2. The number of carbonyl (C=O) groups excluding carboxylic acids is 1. The zero-order chi connectivity index (χ0) is 21.8. The monoisotopic (exact) mass is 415 g/mol. The third-order valence-electron chi connectivity index (χ3n) is 4.93. The highest BCUT2D eigenvalue weighted by Crippen LogP contribution is 2.29. The maximum absolute atomic E-state index is 13.3. The van der Waals surface area contributed by atoms with Crippen molar-refractivity contribution in [3.8, 4) is 11.5 Å². The average molecular weight is 415 g/mol. The van der Waals surface area contributed by atoms with E-state index in [1.807, 2.05) is 36.4 Å².